The normalized spacial score (nSPS) is 11.6. The Kier molecular flexibility index (Phi) is 6.30. The molecule has 3 aromatic heterocycles. The maximum Gasteiger partial charge on any atom is 0.216 e. The van der Waals surface area contributed by atoms with E-state index in [4.69, 9.17) is 24.4 Å². The molecule has 36 heavy (non-hydrogen) atoms. The summed E-state index contributed by atoms with van der Waals surface area (Å²) in [6.07, 6.45) is 3.20. The number of aromatic hydroxyl groups is 2. The van der Waals surface area contributed by atoms with Gasteiger partial charge in [0, 0.05) is 0 Å². The molecule has 2 aromatic carbocycles. The quantitative estimate of drug-likeness (QED) is 0.197. The average molecular weight is 516 g/mol. The van der Waals surface area contributed by atoms with Crippen molar-refractivity contribution < 1.29 is 10.2 Å². The Morgan fingerprint density at radius 3 is 1.50 bits per heavy atom. The second-order valence-electron chi connectivity index (χ2n) is 7.41. The third-order valence-electron chi connectivity index (χ3n) is 4.94. The molecule has 0 aliphatic heterocycles. The van der Waals surface area contributed by atoms with E-state index < -0.39 is 0 Å². The van der Waals surface area contributed by atoms with Crippen molar-refractivity contribution in [2.45, 2.75) is 0 Å². The highest BCUT2D eigenvalue weighted by atomic mass is 32.1. The molecular weight excluding hydrogens is 498 g/mol. The number of aromatic amines is 2. The van der Waals surface area contributed by atoms with Crippen molar-refractivity contribution >= 4 is 36.9 Å². The van der Waals surface area contributed by atoms with E-state index in [1.54, 1.807) is 79.2 Å². The molecule has 0 amide bonds. The van der Waals surface area contributed by atoms with Crippen LogP contribution < -0.4 is 0 Å². The van der Waals surface area contributed by atoms with Crippen LogP contribution in [0.2, 0.25) is 0 Å². The Morgan fingerprint density at radius 2 is 1.08 bits per heavy atom. The van der Waals surface area contributed by atoms with Gasteiger partial charge in [-0.05, 0) is 96.2 Å². The Morgan fingerprint density at radius 1 is 0.667 bits per heavy atom. The highest BCUT2D eigenvalue weighted by molar-refractivity contribution is 7.71. The molecule has 0 aliphatic carbocycles. The SMILES string of the molecule is Oc1ccc(/C=N/n2c(-c3cccc(-c4n[nH]c(=S)n4/N=C/c4ccc(O)cc4)n3)n[nH]c2=S)cc1. The number of benzene rings is 2. The minimum atomic E-state index is 0.166. The first kappa shape index (κ1) is 23.0. The number of phenols is 2. The van der Waals surface area contributed by atoms with Crippen LogP contribution in [0.1, 0.15) is 11.1 Å². The smallest absolute Gasteiger partial charge is 0.216 e. The summed E-state index contributed by atoms with van der Waals surface area (Å²) in [6, 6.07) is 18.5. The van der Waals surface area contributed by atoms with Gasteiger partial charge in [-0.1, -0.05) is 6.07 Å². The molecule has 0 unspecified atom stereocenters. The van der Waals surface area contributed by atoms with Gasteiger partial charge in [-0.3, -0.25) is 0 Å². The van der Waals surface area contributed by atoms with Gasteiger partial charge in [-0.25, -0.2) is 15.2 Å². The minimum absolute atomic E-state index is 0.166. The molecule has 0 aliphatic rings. The maximum absolute atomic E-state index is 9.47. The summed E-state index contributed by atoms with van der Waals surface area (Å²) >= 11 is 10.7. The van der Waals surface area contributed by atoms with Crippen LogP contribution in [0.25, 0.3) is 23.0 Å². The largest absolute Gasteiger partial charge is 0.508 e. The van der Waals surface area contributed by atoms with Crippen molar-refractivity contribution in [1.29, 1.82) is 0 Å². The monoisotopic (exact) mass is 515 g/mol. The van der Waals surface area contributed by atoms with Gasteiger partial charge in [0.15, 0.2) is 0 Å². The Hall–Kier alpha value is -4.75. The first-order chi connectivity index (χ1) is 17.5. The highest BCUT2D eigenvalue weighted by Gasteiger charge is 2.14. The number of H-pyrrole nitrogens is 2. The minimum Gasteiger partial charge on any atom is -0.508 e. The summed E-state index contributed by atoms with van der Waals surface area (Å²) in [7, 11) is 0. The Bertz CT molecular complexity index is 1570. The average Bonchev–Trinajstić information content (AvgIpc) is 3.45. The van der Waals surface area contributed by atoms with E-state index in [-0.39, 0.29) is 21.0 Å². The molecule has 4 N–H and O–H groups in total. The van der Waals surface area contributed by atoms with Crippen molar-refractivity contribution in [3.63, 3.8) is 0 Å². The van der Waals surface area contributed by atoms with Gasteiger partial charge in [-0.15, -0.1) is 0 Å². The second-order valence-corrected chi connectivity index (χ2v) is 8.18. The summed E-state index contributed by atoms with van der Waals surface area (Å²) < 4.78 is 3.48. The van der Waals surface area contributed by atoms with Crippen LogP contribution in [0, 0.1) is 9.54 Å². The predicted octanol–water partition coefficient (Wildman–Crippen LogP) is 4.10. The van der Waals surface area contributed by atoms with Crippen LogP contribution in [0.15, 0.2) is 76.9 Å². The van der Waals surface area contributed by atoms with Crippen molar-refractivity contribution in [2.24, 2.45) is 10.2 Å². The Labute approximate surface area is 213 Å². The molecule has 0 atom stereocenters. The van der Waals surface area contributed by atoms with Gasteiger partial charge in [-0.2, -0.15) is 29.8 Å². The lowest BCUT2D eigenvalue weighted by molar-refractivity contribution is 0.475. The highest BCUT2D eigenvalue weighted by Crippen LogP contribution is 2.21. The molecule has 0 fully saturated rings. The van der Waals surface area contributed by atoms with E-state index >= 15 is 0 Å². The van der Waals surface area contributed by atoms with Gasteiger partial charge in [0.2, 0.25) is 21.2 Å². The van der Waals surface area contributed by atoms with Crippen LogP contribution in [0.5, 0.6) is 11.5 Å². The third-order valence-corrected chi connectivity index (χ3v) is 5.47. The number of rotatable bonds is 6. The molecule has 13 heteroatoms. The number of phenolic OH excluding ortho intramolecular Hbond substituents is 2. The molecule has 0 radical (unpaired) electrons. The van der Waals surface area contributed by atoms with Crippen LogP contribution >= 0.6 is 24.4 Å². The number of aromatic nitrogens is 7. The van der Waals surface area contributed by atoms with E-state index in [1.165, 1.54) is 9.35 Å². The summed E-state index contributed by atoms with van der Waals surface area (Å²) in [6.45, 7) is 0. The van der Waals surface area contributed by atoms with Crippen molar-refractivity contribution in [3.8, 4) is 34.5 Å². The van der Waals surface area contributed by atoms with E-state index in [9.17, 15) is 10.2 Å². The third kappa shape index (κ3) is 4.87. The summed E-state index contributed by atoms with van der Waals surface area (Å²) in [5.41, 5.74) is 2.52. The molecule has 0 spiro atoms. The van der Waals surface area contributed by atoms with Crippen molar-refractivity contribution in [2.75, 3.05) is 0 Å². The first-order valence-electron chi connectivity index (χ1n) is 10.5. The lowest BCUT2D eigenvalue weighted by Crippen LogP contribution is -2.00. The van der Waals surface area contributed by atoms with Gasteiger partial charge in [0.25, 0.3) is 0 Å². The molecule has 0 saturated carbocycles. The second kappa shape index (κ2) is 9.85. The van der Waals surface area contributed by atoms with E-state index in [1.807, 2.05) is 0 Å². The van der Waals surface area contributed by atoms with Crippen LogP contribution in [-0.4, -0.2) is 57.4 Å². The zero-order chi connectivity index (χ0) is 25.1. The zero-order valence-electron chi connectivity index (χ0n) is 18.3. The molecule has 5 aromatic rings. The fraction of sp³-hybridized carbons (Fsp3) is 0. The number of nitrogens with zero attached hydrogens (tertiary/aromatic N) is 7. The standard InChI is InChI=1S/C23H17N9O2S2/c33-16-8-4-14(5-9-16)12-24-31-20(27-29-22(31)35)18-2-1-3-19(26-18)21-28-30-23(36)32(21)25-13-15-6-10-17(34)11-7-15/h1-13,33-34H,(H,29,35)(H,30,36)/b24-12+,25-13+. The fourth-order valence-corrected chi connectivity index (χ4v) is 3.54. The molecular formula is C23H17N9O2S2. The van der Waals surface area contributed by atoms with Crippen molar-refractivity contribution in [3.05, 3.63) is 87.4 Å². The molecule has 3 heterocycles. The molecule has 11 nitrogen and oxygen atoms in total. The number of pyridine rings is 1. The van der Waals surface area contributed by atoms with Gasteiger partial charge < -0.3 is 10.2 Å². The fourth-order valence-electron chi connectivity index (χ4n) is 3.18. The lowest BCUT2D eigenvalue weighted by Gasteiger charge is -2.04. The van der Waals surface area contributed by atoms with E-state index in [0.29, 0.717) is 23.0 Å². The molecule has 0 bridgehead atoms. The van der Waals surface area contributed by atoms with Crippen LogP contribution in [-0.2, 0) is 0 Å². The van der Waals surface area contributed by atoms with Gasteiger partial charge in [0.1, 0.15) is 22.9 Å². The Balaban J connectivity index is 1.49. The summed E-state index contributed by atoms with van der Waals surface area (Å²) in [4.78, 5) is 4.68. The predicted molar refractivity (Wildman–Crippen MR) is 139 cm³/mol. The molecule has 0 saturated heterocycles. The molecule has 178 valence electrons. The number of hydrogen-bond donors (Lipinski definition) is 4. The maximum atomic E-state index is 9.47. The lowest BCUT2D eigenvalue weighted by atomic mass is 10.2. The number of hydrogen-bond acceptors (Lipinski definition) is 9. The van der Waals surface area contributed by atoms with Gasteiger partial charge in [0.05, 0.1) is 12.4 Å². The topological polar surface area (TPSA) is 145 Å². The van der Waals surface area contributed by atoms with Crippen LogP contribution in [0.4, 0.5) is 0 Å². The van der Waals surface area contributed by atoms with Gasteiger partial charge >= 0.3 is 0 Å². The summed E-state index contributed by atoms with van der Waals surface area (Å²) in [5, 5.41) is 41.8. The molecule has 5 rings (SSSR count). The zero-order valence-corrected chi connectivity index (χ0v) is 20.0. The van der Waals surface area contributed by atoms with E-state index in [0.717, 1.165) is 11.1 Å². The van der Waals surface area contributed by atoms with Crippen molar-refractivity contribution in [1.82, 2.24) is 34.7 Å². The summed E-state index contributed by atoms with van der Waals surface area (Å²) in [5.74, 6) is 1.12. The van der Waals surface area contributed by atoms with E-state index in [2.05, 4.69) is 35.6 Å². The number of nitrogens with one attached hydrogen (secondary N) is 2. The first-order valence-corrected chi connectivity index (χ1v) is 11.3. The van der Waals surface area contributed by atoms with Crippen LogP contribution in [0.3, 0.4) is 0 Å².